The third-order valence-electron chi connectivity index (χ3n) is 9.50. The number of halogens is 4. The summed E-state index contributed by atoms with van der Waals surface area (Å²) < 4.78 is 59.0. The molecule has 4 aliphatic rings. The van der Waals surface area contributed by atoms with E-state index in [0.29, 0.717) is 75.7 Å². The molecule has 2 aliphatic heterocycles. The zero-order valence-corrected chi connectivity index (χ0v) is 22.9. The molecule has 220 valence electrons. The van der Waals surface area contributed by atoms with Gasteiger partial charge in [-0.1, -0.05) is 12.1 Å². The van der Waals surface area contributed by atoms with Crippen molar-refractivity contribution in [3.8, 4) is 6.07 Å². The Morgan fingerprint density at radius 3 is 2.46 bits per heavy atom. The molecule has 13 heteroatoms. The zero-order valence-electron chi connectivity index (χ0n) is 22.9. The van der Waals surface area contributed by atoms with Gasteiger partial charge in [-0.15, -0.1) is 0 Å². The lowest BCUT2D eigenvalue weighted by molar-refractivity contribution is -0.192. The Morgan fingerprint density at radius 1 is 1.20 bits per heavy atom. The predicted octanol–water partition coefficient (Wildman–Crippen LogP) is 5.27. The van der Waals surface area contributed by atoms with Gasteiger partial charge in [0.1, 0.15) is 12.2 Å². The number of anilines is 1. The summed E-state index contributed by atoms with van der Waals surface area (Å²) in [5.41, 5.74) is -0.702. The second-order valence-corrected chi connectivity index (χ2v) is 12.4. The van der Waals surface area contributed by atoms with Crippen molar-refractivity contribution in [1.29, 1.82) is 5.26 Å². The van der Waals surface area contributed by atoms with Crippen LogP contribution in [0.25, 0.3) is 0 Å². The molecule has 0 unspecified atom stereocenters. The fourth-order valence-corrected chi connectivity index (χ4v) is 6.21. The fraction of sp³-hybridized carbons (Fsp3) is 0.679. The highest BCUT2D eigenvalue weighted by molar-refractivity contribution is 5.91. The zero-order chi connectivity index (χ0) is 29.0. The Bertz CT molecular complexity index is 1340. The maximum atomic E-state index is 13.4. The van der Waals surface area contributed by atoms with Crippen LogP contribution in [0.5, 0.6) is 0 Å². The molecular weight excluding hydrogens is 542 g/mol. The molecule has 0 bridgehead atoms. The van der Waals surface area contributed by atoms with Gasteiger partial charge in [0.05, 0.1) is 17.0 Å². The van der Waals surface area contributed by atoms with Gasteiger partial charge in [0, 0.05) is 31.2 Å². The van der Waals surface area contributed by atoms with E-state index < -0.39 is 23.2 Å². The van der Waals surface area contributed by atoms with E-state index in [9.17, 15) is 27.6 Å². The second kappa shape index (κ2) is 10.2. The number of alkyl halides is 4. The van der Waals surface area contributed by atoms with Gasteiger partial charge in [-0.25, -0.2) is 14.2 Å². The number of carbonyl (C=O) groups excluding carboxylic acids is 1. The van der Waals surface area contributed by atoms with Crippen molar-refractivity contribution in [2.24, 2.45) is 5.41 Å². The van der Waals surface area contributed by atoms with E-state index in [1.165, 1.54) is 6.20 Å². The number of amides is 2. The van der Waals surface area contributed by atoms with Crippen LogP contribution < -0.4 is 5.32 Å². The quantitative estimate of drug-likeness (QED) is 0.467. The van der Waals surface area contributed by atoms with Crippen molar-refractivity contribution >= 4 is 11.7 Å². The molecule has 4 fully saturated rings. The minimum atomic E-state index is -4.18. The first-order valence-corrected chi connectivity index (χ1v) is 14.2. The molecule has 2 aliphatic carbocycles. The number of nitrogens with one attached hydrogen (secondary N) is 1. The molecular formula is C28H33F4N7O2. The Labute approximate surface area is 235 Å². The third-order valence-corrected chi connectivity index (χ3v) is 9.50. The number of hydrogen-bond donors (Lipinski definition) is 1. The molecule has 2 amide bonds. The van der Waals surface area contributed by atoms with Gasteiger partial charge < -0.3 is 19.6 Å². The minimum absolute atomic E-state index is 0.00911. The largest absolute Gasteiger partial charge is 0.395 e. The SMILES string of the molecule is CC1(c2noc([C@@H]3C[C@@H]3F)n2)CCN(C(=O)Nc2c(C3CCN(CC4(C(F)(F)F)CC4)CC3)ccnc2C#N)CC1. The number of pyridine rings is 1. The summed E-state index contributed by atoms with van der Waals surface area (Å²) >= 11 is 0. The first-order valence-electron chi connectivity index (χ1n) is 14.2. The Kier molecular flexibility index (Phi) is 6.95. The predicted molar refractivity (Wildman–Crippen MR) is 139 cm³/mol. The van der Waals surface area contributed by atoms with Crippen molar-refractivity contribution in [2.75, 3.05) is 38.0 Å². The van der Waals surface area contributed by atoms with Crippen molar-refractivity contribution in [3.63, 3.8) is 0 Å². The van der Waals surface area contributed by atoms with E-state index in [2.05, 4.69) is 26.5 Å². The highest BCUT2D eigenvalue weighted by Gasteiger charge is 2.63. The average Bonchev–Trinajstić information content (AvgIpc) is 3.84. The smallest absolute Gasteiger partial charge is 0.339 e. The van der Waals surface area contributed by atoms with Crippen LogP contribution in [-0.4, -0.2) is 76.0 Å². The molecule has 4 heterocycles. The Morgan fingerprint density at radius 2 is 1.88 bits per heavy atom. The molecule has 1 N–H and O–H groups in total. The topological polar surface area (TPSA) is 111 Å². The molecule has 2 aromatic heterocycles. The van der Waals surface area contributed by atoms with Gasteiger partial charge >= 0.3 is 12.2 Å². The molecule has 0 aromatic carbocycles. The normalized spacial score (nSPS) is 25.9. The lowest BCUT2D eigenvalue weighted by Crippen LogP contribution is -2.46. The van der Waals surface area contributed by atoms with Crippen LogP contribution in [0.1, 0.15) is 86.7 Å². The third kappa shape index (κ3) is 5.38. The molecule has 6 rings (SSSR count). The second-order valence-electron chi connectivity index (χ2n) is 12.4. The maximum Gasteiger partial charge on any atom is 0.395 e. The number of rotatable bonds is 6. The Balaban J connectivity index is 1.08. The summed E-state index contributed by atoms with van der Waals surface area (Å²) in [4.78, 5) is 25.5. The number of carbonyl (C=O) groups is 1. The molecule has 2 saturated heterocycles. The van der Waals surface area contributed by atoms with Gasteiger partial charge in [-0.3, -0.25) is 0 Å². The first kappa shape index (κ1) is 27.9. The van der Waals surface area contributed by atoms with E-state index in [-0.39, 0.29) is 42.9 Å². The number of hydrogen-bond acceptors (Lipinski definition) is 7. The lowest BCUT2D eigenvalue weighted by atomic mass is 9.79. The van der Waals surface area contributed by atoms with E-state index in [4.69, 9.17) is 4.52 Å². The van der Waals surface area contributed by atoms with Crippen molar-refractivity contribution in [2.45, 2.75) is 81.5 Å². The van der Waals surface area contributed by atoms with E-state index in [1.54, 1.807) is 11.0 Å². The average molecular weight is 576 g/mol. The Hall–Kier alpha value is -3.27. The monoisotopic (exact) mass is 575 g/mol. The van der Waals surface area contributed by atoms with Crippen molar-refractivity contribution in [3.05, 3.63) is 35.2 Å². The van der Waals surface area contributed by atoms with Gasteiger partial charge in [-0.05, 0) is 75.6 Å². The fourth-order valence-electron chi connectivity index (χ4n) is 6.21. The molecule has 0 spiro atoms. The summed E-state index contributed by atoms with van der Waals surface area (Å²) in [7, 11) is 0. The summed E-state index contributed by atoms with van der Waals surface area (Å²) in [6.07, 6.45) is -0.337. The molecule has 41 heavy (non-hydrogen) atoms. The van der Waals surface area contributed by atoms with Crippen LogP contribution >= 0.6 is 0 Å². The van der Waals surface area contributed by atoms with Gasteiger partial charge in [0.25, 0.3) is 0 Å². The van der Waals surface area contributed by atoms with E-state index in [0.717, 1.165) is 5.56 Å². The van der Waals surface area contributed by atoms with Crippen LogP contribution in [0, 0.1) is 16.7 Å². The van der Waals surface area contributed by atoms with Crippen LogP contribution in [-0.2, 0) is 5.41 Å². The number of piperidine rings is 2. The summed E-state index contributed by atoms with van der Waals surface area (Å²) in [6.45, 7) is 3.94. The van der Waals surface area contributed by atoms with E-state index in [1.807, 2.05) is 11.8 Å². The number of urea groups is 1. The standard InChI is InChI=1S/C28H33F4N7O2/c1-26(24-36-23(41-37-24)19-14-20(19)29)7-12-39(13-8-26)25(40)35-22-18(2-9-34-21(22)15-33)17-3-10-38(11-4-17)16-27(5-6-27)28(30,31)32/h2,9,17,19-20H,3-8,10-14,16H2,1H3,(H,35,40)/t19-,20+/m1/s1. The van der Waals surface area contributed by atoms with Crippen LogP contribution in [0.2, 0.25) is 0 Å². The number of nitriles is 1. The highest BCUT2D eigenvalue weighted by atomic mass is 19.4. The van der Waals surface area contributed by atoms with Crippen LogP contribution in [0.3, 0.4) is 0 Å². The summed E-state index contributed by atoms with van der Waals surface area (Å²) in [5.74, 6) is 0.545. The maximum absolute atomic E-state index is 13.4. The molecule has 9 nitrogen and oxygen atoms in total. The molecule has 2 saturated carbocycles. The highest BCUT2D eigenvalue weighted by Crippen LogP contribution is 2.58. The number of aromatic nitrogens is 3. The first-order chi connectivity index (χ1) is 19.5. The van der Waals surface area contributed by atoms with Gasteiger partial charge in [0.2, 0.25) is 5.89 Å². The van der Waals surface area contributed by atoms with Gasteiger partial charge in [-0.2, -0.15) is 23.4 Å². The summed E-state index contributed by atoms with van der Waals surface area (Å²) in [5, 5.41) is 16.8. The van der Waals surface area contributed by atoms with Crippen molar-refractivity contribution in [1.82, 2.24) is 24.9 Å². The van der Waals surface area contributed by atoms with E-state index >= 15 is 0 Å². The molecule has 0 radical (unpaired) electrons. The number of nitrogens with zero attached hydrogens (tertiary/aromatic N) is 6. The van der Waals surface area contributed by atoms with Crippen LogP contribution in [0.15, 0.2) is 16.8 Å². The lowest BCUT2D eigenvalue weighted by Gasteiger charge is -2.38. The number of likely N-dealkylation sites (tertiary alicyclic amines) is 2. The minimum Gasteiger partial charge on any atom is -0.339 e. The van der Waals surface area contributed by atoms with Crippen LogP contribution in [0.4, 0.5) is 28.0 Å². The molecule has 2 aromatic rings. The van der Waals surface area contributed by atoms with Gasteiger partial charge in [0.15, 0.2) is 11.5 Å². The summed E-state index contributed by atoms with van der Waals surface area (Å²) in [6, 6.07) is 3.51. The van der Waals surface area contributed by atoms with Crippen molar-refractivity contribution < 1.29 is 26.9 Å². The molecule has 2 atom stereocenters.